The quantitative estimate of drug-likeness (QED) is 0.579. The first kappa shape index (κ1) is 18.5. The van der Waals surface area contributed by atoms with Crippen LogP contribution in [0.5, 0.6) is 0 Å². The SMILES string of the molecule is COC(=O)CCCNC(=O)COC(=O)Cc1coc2cc(C)ccc12. The van der Waals surface area contributed by atoms with E-state index >= 15 is 0 Å². The molecule has 0 aliphatic carbocycles. The van der Waals surface area contributed by atoms with Crippen molar-refractivity contribution in [3.05, 3.63) is 35.6 Å². The highest BCUT2D eigenvalue weighted by molar-refractivity contribution is 5.87. The lowest BCUT2D eigenvalue weighted by Crippen LogP contribution is -2.30. The molecule has 2 rings (SSSR count). The molecule has 2 aromatic rings. The van der Waals surface area contributed by atoms with Gasteiger partial charge in [-0.15, -0.1) is 0 Å². The summed E-state index contributed by atoms with van der Waals surface area (Å²) >= 11 is 0. The molecule has 1 heterocycles. The molecule has 7 heteroatoms. The first-order chi connectivity index (χ1) is 12.0. The van der Waals surface area contributed by atoms with Crippen molar-refractivity contribution in [2.75, 3.05) is 20.3 Å². The minimum absolute atomic E-state index is 0.0334. The second-order valence-corrected chi connectivity index (χ2v) is 5.63. The van der Waals surface area contributed by atoms with E-state index in [1.807, 2.05) is 25.1 Å². The van der Waals surface area contributed by atoms with E-state index in [1.54, 1.807) is 0 Å². The van der Waals surface area contributed by atoms with Crippen LogP contribution in [0, 0.1) is 6.92 Å². The van der Waals surface area contributed by atoms with Gasteiger partial charge in [0.15, 0.2) is 6.61 Å². The average molecular weight is 347 g/mol. The minimum Gasteiger partial charge on any atom is -0.469 e. The third kappa shape index (κ3) is 5.63. The molecule has 0 radical (unpaired) electrons. The Kier molecular flexibility index (Phi) is 6.56. The molecule has 0 aliphatic heterocycles. The van der Waals surface area contributed by atoms with Crippen LogP contribution in [0.1, 0.15) is 24.0 Å². The molecular weight excluding hydrogens is 326 g/mol. The first-order valence-electron chi connectivity index (χ1n) is 7.95. The molecule has 0 aliphatic rings. The van der Waals surface area contributed by atoms with E-state index in [2.05, 4.69) is 10.1 Å². The molecular formula is C18H21NO6. The number of carbonyl (C=O) groups is 3. The molecule has 0 atom stereocenters. The van der Waals surface area contributed by atoms with Crippen molar-refractivity contribution >= 4 is 28.8 Å². The Hall–Kier alpha value is -2.83. The number of methoxy groups -OCH3 is 1. The fraction of sp³-hybridized carbons (Fsp3) is 0.389. The van der Waals surface area contributed by atoms with Crippen LogP contribution in [-0.2, 0) is 30.3 Å². The number of aryl methyl sites for hydroxylation is 1. The molecule has 25 heavy (non-hydrogen) atoms. The van der Waals surface area contributed by atoms with E-state index in [0.29, 0.717) is 18.5 Å². The number of fused-ring (bicyclic) bond motifs is 1. The molecule has 1 N–H and O–H groups in total. The van der Waals surface area contributed by atoms with Gasteiger partial charge in [-0.05, 0) is 25.0 Å². The van der Waals surface area contributed by atoms with Crippen molar-refractivity contribution in [2.45, 2.75) is 26.2 Å². The van der Waals surface area contributed by atoms with Gasteiger partial charge >= 0.3 is 11.9 Å². The fourth-order valence-electron chi connectivity index (χ4n) is 2.29. The Balaban J connectivity index is 1.73. The van der Waals surface area contributed by atoms with Gasteiger partial charge in [-0.25, -0.2) is 0 Å². The van der Waals surface area contributed by atoms with Gasteiger partial charge in [0.1, 0.15) is 5.58 Å². The summed E-state index contributed by atoms with van der Waals surface area (Å²) in [6.45, 7) is 1.92. The lowest BCUT2D eigenvalue weighted by atomic mass is 10.1. The van der Waals surface area contributed by atoms with E-state index < -0.39 is 11.9 Å². The number of amides is 1. The summed E-state index contributed by atoms with van der Waals surface area (Å²) in [5, 5.41) is 3.43. The van der Waals surface area contributed by atoms with Gasteiger partial charge in [0.25, 0.3) is 5.91 Å². The zero-order valence-corrected chi connectivity index (χ0v) is 14.3. The summed E-state index contributed by atoms with van der Waals surface area (Å²) < 4.78 is 14.9. The lowest BCUT2D eigenvalue weighted by Gasteiger charge is -2.06. The van der Waals surface area contributed by atoms with Crippen LogP contribution < -0.4 is 5.32 Å². The minimum atomic E-state index is -0.506. The van der Waals surface area contributed by atoms with E-state index in [9.17, 15) is 14.4 Å². The summed E-state index contributed by atoms with van der Waals surface area (Å²) in [6, 6.07) is 5.73. The molecule has 0 fully saturated rings. The van der Waals surface area contributed by atoms with Crippen molar-refractivity contribution in [3.63, 3.8) is 0 Å². The van der Waals surface area contributed by atoms with Gasteiger partial charge in [-0.1, -0.05) is 12.1 Å². The predicted molar refractivity (Wildman–Crippen MR) is 89.9 cm³/mol. The van der Waals surface area contributed by atoms with Crippen molar-refractivity contribution in [2.24, 2.45) is 0 Å². The van der Waals surface area contributed by atoms with Crippen LogP contribution in [0.15, 0.2) is 28.9 Å². The normalized spacial score (nSPS) is 10.5. The maximum Gasteiger partial charge on any atom is 0.310 e. The Morgan fingerprint density at radius 2 is 2.00 bits per heavy atom. The van der Waals surface area contributed by atoms with E-state index in [-0.39, 0.29) is 25.4 Å². The number of esters is 2. The van der Waals surface area contributed by atoms with Crippen LogP contribution in [-0.4, -0.2) is 38.1 Å². The number of benzene rings is 1. The molecule has 0 bridgehead atoms. The second-order valence-electron chi connectivity index (χ2n) is 5.63. The van der Waals surface area contributed by atoms with Crippen LogP contribution in [0.2, 0.25) is 0 Å². The number of nitrogens with one attached hydrogen (secondary N) is 1. The predicted octanol–water partition coefficient (Wildman–Crippen LogP) is 1.90. The van der Waals surface area contributed by atoms with E-state index in [1.165, 1.54) is 13.4 Å². The molecule has 134 valence electrons. The fourth-order valence-corrected chi connectivity index (χ4v) is 2.29. The van der Waals surface area contributed by atoms with Crippen LogP contribution >= 0.6 is 0 Å². The van der Waals surface area contributed by atoms with Gasteiger partial charge in [-0.2, -0.15) is 0 Å². The van der Waals surface area contributed by atoms with Crippen molar-refractivity contribution in [1.29, 1.82) is 0 Å². The third-order valence-electron chi connectivity index (χ3n) is 3.62. The number of furan rings is 1. The van der Waals surface area contributed by atoms with Gasteiger partial charge in [0.05, 0.1) is 19.8 Å². The van der Waals surface area contributed by atoms with Gasteiger partial charge in [0.2, 0.25) is 0 Å². The molecule has 0 spiro atoms. The zero-order valence-electron chi connectivity index (χ0n) is 14.3. The topological polar surface area (TPSA) is 94.8 Å². The number of hydrogen-bond donors (Lipinski definition) is 1. The number of hydrogen-bond acceptors (Lipinski definition) is 6. The standard InChI is InChI=1S/C18H21NO6/c1-12-5-6-14-13(10-24-15(14)8-12)9-18(22)25-11-16(20)19-7-3-4-17(21)23-2/h5-6,8,10H,3-4,7,9,11H2,1-2H3,(H,19,20). The Labute approximate surface area is 145 Å². The van der Waals surface area contributed by atoms with Crippen molar-refractivity contribution in [1.82, 2.24) is 5.32 Å². The summed E-state index contributed by atoms with van der Waals surface area (Å²) in [4.78, 5) is 34.4. The molecule has 0 saturated carbocycles. The van der Waals surface area contributed by atoms with Gasteiger partial charge < -0.3 is 19.2 Å². The Morgan fingerprint density at radius 3 is 2.76 bits per heavy atom. The smallest absolute Gasteiger partial charge is 0.310 e. The van der Waals surface area contributed by atoms with Crippen molar-refractivity contribution in [3.8, 4) is 0 Å². The average Bonchev–Trinajstić information content (AvgIpc) is 2.98. The van der Waals surface area contributed by atoms with Crippen molar-refractivity contribution < 1.29 is 28.3 Å². The van der Waals surface area contributed by atoms with Gasteiger partial charge in [-0.3, -0.25) is 14.4 Å². The second kappa shape index (κ2) is 8.86. The molecule has 1 aromatic heterocycles. The zero-order chi connectivity index (χ0) is 18.2. The lowest BCUT2D eigenvalue weighted by molar-refractivity contribution is -0.147. The number of carbonyl (C=O) groups excluding carboxylic acids is 3. The molecule has 1 aromatic carbocycles. The first-order valence-corrected chi connectivity index (χ1v) is 7.95. The van der Waals surface area contributed by atoms with Crippen LogP contribution in [0.4, 0.5) is 0 Å². The summed E-state index contributed by atoms with van der Waals surface area (Å²) in [5.41, 5.74) is 2.50. The highest BCUT2D eigenvalue weighted by atomic mass is 16.5. The molecule has 7 nitrogen and oxygen atoms in total. The molecule has 0 saturated heterocycles. The Morgan fingerprint density at radius 1 is 1.20 bits per heavy atom. The summed E-state index contributed by atoms with van der Waals surface area (Å²) in [6.07, 6.45) is 2.25. The van der Waals surface area contributed by atoms with Gasteiger partial charge in [0, 0.05) is 23.9 Å². The van der Waals surface area contributed by atoms with Crippen LogP contribution in [0.3, 0.4) is 0 Å². The molecule has 0 unspecified atom stereocenters. The highest BCUT2D eigenvalue weighted by Crippen LogP contribution is 2.22. The maximum absolute atomic E-state index is 11.9. The van der Waals surface area contributed by atoms with Crippen LogP contribution in [0.25, 0.3) is 11.0 Å². The monoisotopic (exact) mass is 347 g/mol. The third-order valence-corrected chi connectivity index (χ3v) is 3.62. The highest BCUT2D eigenvalue weighted by Gasteiger charge is 2.13. The Bertz CT molecular complexity index is 764. The van der Waals surface area contributed by atoms with E-state index in [0.717, 1.165) is 16.5 Å². The summed E-state index contributed by atoms with van der Waals surface area (Å²) in [7, 11) is 1.31. The van der Waals surface area contributed by atoms with E-state index in [4.69, 9.17) is 9.15 Å². The summed E-state index contributed by atoms with van der Waals surface area (Å²) in [5.74, 6) is -1.25. The number of ether oxygens (including phenoxy) is 2. The number of rotatable bonds is 8. The molecule has 1 amide bonds. The maximum atomic E-state index is 11.9. The largest absolute Gasteiger partial charge is 0.469 e.